The Hall–Kier alpha value is -8.93. The maximum Gasteiger partial charge on any atom is 0.0737 e. The summed E-state index contributed by atoms with van der Waals surface area (Å²) in [6, 6.07) is 74.3. The van der Waals surface area contributed by atoms with E-state index in [1.54, 1.807) is 0 Å². The molecule has 8 bridgehead atoms. The molecule has 2 aliphatic rings. The highest BCUT2D eigenvalue weighted by Gasteiger charge is 2.22. The van der Waals surface area contributed by atoms with Crippen LogP contribution in [0.4, 0.5) is 0 Å². The fourth-order valence-electron chi connectivity index (χ4n) is 9.35. The molecule has 0 saturated heterocycles. The molecule has 2 aliphatic heterocycles. The van der Waals surface area contributed by atoms with E-state index in [1.165, 1.54) is 0 Å². The number of benzene rings is 6. The molecule has 0 radical (unpaired) electrons. The van der Waals surface area contributed by atoms with Crippen LogP contribution >= 0.6 is 0 Å². The van der Waals surface area contributed by atoms with E-state index in [2.05, 4.69) is 234 Å². The number of fused-ring (bicyclic) bond motifs is 8. The minimum absolute atomic E-state index is 0.852. The Kier molecular flexibility index (Phi) is 9.77. The fourth-order valence-corrected chi connectivity index (χ4v) is 9.35. The molecule has 0 aliphatic carbocycles. The predicted molar refractivity (Wildman–Crippen MR) is 275 cm³/mol. The van der Waals surface area contributed by atoms with Crippen molar-refractivity contribution in [3.63, 3.8) is 0 Å². The summed E-state index contributed by atoms with van der Waals surface area (Å²) >= 11 is 0. The molecule has 310 valence electrons. The van der Waals surface area contributed by atoms with Gasteiger partial charge in [-0.15, -0.1) is 0 Å². The second-order valence-corrected chi connectivity index (χ2v) is 16.5. The van der Waals surface area contributed by atoms with Crippen molar-refractivity contribution in [1.82, 2.24) is 24.9 Å². The van der Waals surface area contributed by atoms with Gasteiger partial charge in [0.1, 0.15) is 0 Å². The lowest BCUT2D eigenvalue weighted by molar-refractivity contribution is 1.31. The fraction of sp³-hybridized carbons (Fsp3) is 0. The summed E-state index contributed by atoms with van der Waals surface area (Å²) in [5.41, 5.74) is 21.4. The highest BCUT2D eigenvalue weighted by Crippen LogP contribution is 2.43. The van der Waals surface area contributed by atoms with Gasteiger partial charge < -0.3 is 9.97 Å². The third-order valence-corrected chi connectivity index (χ3v) is 12.4. The normalized spacial score (nSPS) is 11.8. The molecule has 0 atom stereocenters. The number of pyridine rings is 1. The van der Waals surface area contributed by atoms with Crippen LogP contribution in [0.3, 0.4) is 0 Å². The summed E-state index contributed by atoms with van der Waals surface area (Å²) < 4.78 is 0. The number of nitrogens with zero attached hydrogens (tertiary/aromatic N) is 3. The number of hydrogen-bond acceptors (Lipinski definition) is 3. The first kappa shape index (κ1) is 38.7. The summed E-state index contributed by atoms with van der Waals surface area (Å²) in [4.78, 5) is 24.4. The molecule has 0 unspecified atom stereocenters. The van der Waals surface area contributed by atoms with Crippen LogP contribution in [0.1, 0.15) is 22.8 Å². The highest BCUT2D eigenvalue weighted by atomic mass is 14.8. The third kappa shape index (κ3) is 7.15. The molecule has 0 amide bonds. The van der Waals surface area contributed by atoms with E-state index in [0.29, 0.717) is 0 Å². The summed E-state index contributed by atoms with van der Waals surface area (Å²) in [7, 11) is 0. The molecule has 0 saturated carbocycles. The SMILES string of the molecule is C1=Cc2nc1c(-c1ccccc1)c1ccc([nH]1)c(-c1ccccc1)c1nc(c(-c3ccccc3)c3[nH]c(cc3-c3cc(-c4ccccc4)nc(-c4ccccc4)c3)c2-c2ccccc2)C=C1. The number of rotatable bonds is 7. The number of H-pyrrole nitrogens is 2. The number of nitrogens with one attached hydrogen (secondary N) is 2. The van der Waals surface area contributed by atoms with Crippen LogP contribution in [0, 0.1) is 0 Å². The molecule has 66 heavy (non-hydrogen) atoms. The Morgan fingerprint density at radius 2 is 0.591 bits per heavy atom. The van der Waals surface area contributed by atoms with Crippen molar-refractivity contribution in [1.29, 1.82) is 0 Å². The van der Waals surface area contributed by atoms with Gasteiger partial charge in [-0.05, 0) is 82.5 Å². The van der Waals surface area contributed by atoms with Crippen molar-refractivity contribution in [3.8, 4) is 78.1 Å². The minimum Gasteiger partial charge on any atom is -0.354 e. The van der Waals surface area contributed by atoms with Crippen molar-refractivity contribution < 1.29 is 0 Å². The van der Waals surface area contributed by atoms with E-state index >= 15 is 0 Å². The molecule has 6 heterocycles. The maximum absolute atomic E-state index is 5.60. The number of hydrogen-bond donors (Lipinski definition) is 2. The summed E-state index contributed by atoms with van der Waals surface area (Å²) in [6.45, 7) is 0. The smallest absolute Gasteiger partial charge is 0.0737 e. The minimum atomic E-state index is 0.852. The largest absolute Gasteiger partial charge is 0.354 e. The quantitative estimate of drug-likeness (QED) is 0.168. The predicted octanol–water partition coefficient (Wildman–Crippen LogP) is 15.7. The first-order valence-electron chi connectivity index (χ1n) is 22.3. The molecule has 6 aromatic carbocycles. The van der Waals surface area contributed by atoms with Crippen LogP contribution in [0.5, 0.6) is 0 Å². The Bertz CT molecular complexity index is 3590. The van der Waals surface area contributed by atoms with Gasteiger partial charge in [-0.1, -0.05) is 182 Å². The van der Waals surface area contributed by atoms with Gasteiger partial charge in [0.05, 0.1) is 39.7 Å². The van der Waals surface area contributed by atoms with Gasteiger partial charge >= 0.3 is 0 Å². The van der Waals surface area contributed by atoms with Gasteiger partial charge in [0.2, 0.25) is 0 Å². The van der Waals surface area contributed by atoms with E-state index in [-0.39, 0.29) is 0 Å². The van der Waals surface area contributed by atoms with Crippen LogP contribution in [0.25, 0.3) is 125 Å². The van der Waals surface area contributed by atoms with Crippen molar-refractivity contribution in [3.05, 3.63) is 235 Å². The Morgan fingerprint density at radius 3 is 0.985 bits per heavy atom. The van der Waals surface area contributed by atoms with Crippen LogP contribution < -0.4 is 0 Å². The van der Waals surface area contributed by atoms with Crippen molar-refractivity contribution >= 4 is 46.4 Å². The molecule has 5 heteroatoms. The van der Waals surface area contributed by atoms with Crippen molar-refractivity contribution in [2.45, 2.75) is 0 Å². The highest BCUT2D eigenvalue weighted by molar-refractivity contribution is 6.05. The van der Waals surface area contributed by atoms with E-state index in [1.807, 2.05) is 12.1 Å². The maximum atomic E-state index is 5.60. The van der Waals surface area contributed by atoms with Gasteiger partial charge in [-0.2, -0.15) is 0 Å². The lowest BCUT2D eigenvalue weighted by Gasteiger charge is -2.11. The van der Waals surface area contributed by atoms with Gasteiger partial charge in [0.15, 0.2) is 0 Å². The van der Waals surface area contributed by atoms with Gasteiger partial charge in [-0.3, -0.25) is 0 Å². The molecule has 4 aromatic heterocycles. The molecule has 10 aromatic rings. The second-order valence-electron chi connectivity index (χ2n) is 16.5. The lowest BCUT2D eigenvalue weighted by atomic mass is 9.96. The van der Waals surface area contributed by atoms with E-state index in [9.17, 15) is 0 Å². The molecule has 2 N–H and O–H groups in total. The van der Waals surface area contributed by atoms with E-state index < -0.39 is 0 Å². The Labute approximate surface area is 382 Å². The average molecular weight is 844 g/mol. The summed E-state index contributed by atoms with van der Waals surface area (Å²) in [6.07, 6.45) is 8.63. The third-order valence-electron chi connectivity index (χ3n) is 12.4. The Morgan fingerprint density at radius 1 is 0.258 bits per heavy atom. The zero-order valence-corrected chi connectivity index (χ0v) is 35.9. The number of aromatic nitrogens is 5. The molecular weight excluding hydrogens is 803 g/mol. The summed E-state index contributed by atoms with van der Waals surface area (Å²) in [5.74, 6) is 0. The molecule has 12 rings (SSSR count). The van der Waals surface area contributed by atoms with E-state index in [4.69, 9.17) is 15.0 Å². The summed E-state index contributed by atoms with van der Waals surface area (Å²) in [5, 5.41) is 0. The Balaban J connectivity index is 1.29. The van der Waals surface area contributed by atoms with Crippen molar-refractivity contribution in [2.75, 3.05) is 0 Å². The van der Waals surface area contributed by atoms with E-state index in [0.717, 1.165) is 123 Å². The molecule has 5 nitrogen and oxygen atoms in total. The number of aromatic amines is 2. The molecular formula is C61H41N5. The lowest BCUT2D eigenvalue weighted by Crippen LogP contribution is -1.92. The monoisotopic (exact) mass is 843 g/mol. The first-order chi connectivity index (χ1) is 32.7. The zero-order valence-electron chi connectivity index (χ0n) is 35.9. The molecule has 0 spiro atoms. The van der Waals surface area contributed by atoms with Gasteiger partial charge in [-0.25, -0.2) is 15.0 Å². The van der Waals surface area contributed by atoms with Crippen LogP contribution in [0.15, 0.2) is 212 Å². The van der Waals surface area contributed by atoms with Gasteiger partial charge in [0.25, 0.3) is 0 Å². The van der Waals surface area contributed by atoms with Crippen molar-refractivity contribution in [2.24, 2.45) is 0 Å². The zero-order chi connectivity index (χ0) is 43.8. The molecule has 0 fully saturated rings. The first-order valence-corrected chi connectivity index (χ1v) is 22.3. The topological polar surface area (TPSA) is 70.2 Å². The van der Waals surface area contributed by atoms with Crippen LogP contribution in [-0.2, 0) is 0 Å². The average Bonchev–Trinajstić information content (AvgIpc) is 4.24. The van der Waals surface area contributed by atoms with Gasteiger partial charge in [0, 0.05) is 55.5 Å². The van der Waals surface area contributed by atoms with Crippen LogP contribution in [-0.4, -0.2) is 24.9 Å². The standard InChI is InChI=1S/C61H41N5/c1-7-19-40(20-8-1)54-37-46(38-55(65-54)41-21-9-2-10-22-41)47-39-56-59(44-27-15-5-16-28-44)52-34-33-50(63-52)57(42-23-11-3-12-24-42)48-31-32-49(62-48)58(43-25-13-4-14-26-43)51-35-36-53(64-51)60(61(47)66-56)45-29-17-6-18-30-45/h1-39,62,66H. The second kappa shape index (κ2) is 16.6. The van der Waals surface area contributed by atoms with Crippen LogP contribution in [0.2, 0.25) is 0 Å².